The van der Waals surface area contributed by atoms with Crippen LogP contribution in [0.1, 0.15) is 11.1 Å². The van der Waals surface area contributed by atoms with Crippen LogP contribution in [-0.4, -0.2) is 10.2 Å². The predicted octanol–water partition coefficient (Wildman–Crippen LogP) is 3.11. The first-order valence-electron chi connectivity index (χ1n) is 6.31. The van der Waals surface area contributed by atoms with Gasteiger partial charge in [0.1, 0.15) is 6.07 Å². The smallest absolute Gasteiger partial charge is 0.166 e. The Balaban J connectivity index is 1.89. The van der Waals surface area contributed by atoms with E-state index in [0.29, 0.717) is 17.9 Å². The van der Waals surface area contributed by atoms with E-state index < -0.39 is 0 Å². The summed E-state index contributed by atoms with van der Waals surface area (Å²) >= 11 is 0. The van der Waals surface area contributed by atoms with Crippen LogP contribution in [0.4, 0.5) is 5.82 Å². The predicted molar refractivity (Wildman–Crippen MR) is 78.0 cm³/mol. The van der Waals surface area contributed by atoms with E-state index in [-0.39, 0.29) is 0 Å². The first-order chi connectivity index (χ1) is 9.88. The maximum Gasteiger partial charge on any atom is 0.166 e. The van der Waals surface area contributed by atoms with Crippen LogP contribution < -0.4 is 5.32 Å². The Morgan fingerprint density at radius 1 is 1.05 bits per heavy atom. The zero-order valence-electron chi connectivity index (χ0n) is 10.7. The molecule has 96 valence electrons. The molecule has 0 fully saturated rings. The topological polar surface area (TPSA) is 61.6 Å². The maximum absolute atomic E-state index is 9.03. The Morgan fingerprint density at radius 3 is 2.80 bits per heavy atom. The van der Waals surface area contributed by atoms with Crippen molar-refractivity contribution in [3.05, 3.63) is 65.9 Å². The molecule has 4 nitrogen and oxygen atoms in total. The molecular weight excluding hydrogens is 248 g/mol. The summed E-state index contributed by atoms with van der Waals surface area (Å²) in [5, 5.41) is 22.4. The molecule has 4 heteroatoms. The highest BCUT2D eigenvalue weighted by atomic mass is 15.2. The minimum absolute atomic E-state index is 0.500. The van der Waals surface area contributed by atoms with Gasteiger partial charge in [0.05, 0.1) is 11.8 Å². The van der Waals surface area contributed by atoms with Crippen LogP contribution in [0.3, 0.4) is 0 Å². The Labute approximate surface area is 116 Å². The fourth-order valence-corrected chi connectivity index (χ4v) is 2.18. The normalized spacial score (nSPS) is 10.2. The van der Waals surface area contributed by atoms with E-state index >= 15 is 0 Å². The second-order valence-electron chi connectivity index (χ2n) is 4.40. The van der Waals surface area contributed by atoms with Crippen molar-refractivity contribution < 1.29 is 0 Å². The molecule has 0 atom stereocenters. The third-order valence-electron chi connectivity index (χ3n) is 3.17. The monoisotopic (exact) mass is 260 g/mol. The lowest BCUT2D eigenvalue weighted by Crippen LogP contribution is -2.04. The summed E-state index contributed by atoms with van der Waals surface area (Å²) in [4.78, 5) is 0. The van der Waals surface area contributed by atoms with Gasteiger partial charge in [0.25, 0.3) is 0 Å². The number of fused-ring (bicyclic) bond motifs is 1. The van der Waals surface area contributed by atoms with Gasteiger partial charge in [-0.25, -0.2) is 0 Å². The van der Waals surface area contributed by atoms with Crippen LogP contribution in [0.5, 0.6) is 0 Å². The Hall–Kier alpha value is -2.93. The number of aromatic nitrogens is 2. The molecule has 0 bridgehead atoms. The van der Waals surface area contributed by atoms with Crippen LogP contribution in [0, 0.1) is 11.3 Å². The summed E-state index contributed by atoms with van der Waals surface area (Å²) in [6.07, 6.45) is 1.52. The molecule has 0 saturated heterocycles. The highest BCUT2D eigenvalue weighted by Crippen LogP contribution is 2.19. The van der Waals surface area contributed by atoms with Gasteiger partial charge in [0, 0.05) is 6.54 Å². The summed E-state index contributed by atoms with van der Waals surface area (Å²) in [6.45, 7) is 0.606. The molecule has 0 saturated carbocycles. The number of anilines is 1. The minimum atomic E-state index is 0.500. The molecule has 0 unspecified atom stereocenters. The second-order valence-corrected chi connectivity index (χ2v) is 4.40. The van der Waals surface area contributed by atoms with E-state index in [4.69, 9.17) is 5.26 Å². The second kappa shape index (κ2) is 5.37. The molecule has 3 aromatic rings. The minimum Gasteiger partial charge on any atom is -0.363 e. The number of hydrogen-bond donors (Lipinski definition) is 1. The molecule has 2 aromatic carbocycles. The molecule has 0 aliphatic rings. The Morgan fingerprint density at radius 2 is 1.90 bits per heavy atom. The van der Waals surface area contributed by atoms with Gasteiger partial charge >= 0.3 is 0 Å². The average Bonchev–Trinajstić information content (AvgIpc) is 2.53. The lowest BCUT2D eigenvalue weighted by molar-refractivity contribution is 0.997. The highest BCUT2D eigenvalue weighted by Gasteiger charge is 2.04. The zero-order valence-corrected chi connectivity index (χ0v) is 10.7. The molecule has 20 heavy (non-hydrogen) atoms. The SMILES string of the molecule is N#Cc1ccnnc1NCc1cccc2ccccc12. The van der Waals surface area contributed by atoms with Crippen molar-refractivity contribution >= 4 is 16.6 Å². The van der Waals surface area contributed by atoms with Crippen LogP contribution in [0.2, 0.25) is 0 Å². The Bertz CT molecular complexity index is 784. The van der Waals surface area contributed by atoms with Gasteiger partial charge in [0.2, 0.25) is 0 Å². The highest BCUT2D eigenvalue weighted by molar-refractivity contribution is 5.85. The largest absolute Gasteiger partial charge is 0.363 e. The lowest BCUT2D eigenvalue weighted by atomic mass is 10.0. The number of hydrogen-bond acceptors (Lipinski definition) is 4. The first kappa shape index (κ1) is 12.1. The van der Waals surface area contributed by atoms with Crippen molar-refractivity contribution in [2.24, 2.45) is 0 Å². The molecule has 0 radical (unpaired) electrons. The van der Waals surface area contributed by atoms with Gasteiger partial charge in [0.15, 0.2) is 5.82 Å². The van der Waals surface area contributed by atoms with Crippen molar-refractivity contribution in [1.82, 2.24) is 10.2 Å². The van der Waals surface area contributed by atoms with E-state index in [0.717, 1.165) is 5.56 Å². The van der Waals surface area contributed by atoms with E-state index in [2.05, 4.69) is 45.8 Å². The zero-order chi connectivity index (χ0) is 13.8. The molecule has 1 aromatic heterocycles. The Kier molecular flexibility index (Phi) is 3.25. The standard InChI is InChI=1S/C16H12N4/c17-10-13-8-9-19-20-16(13)18-11-14-6-3-5-12-4-1-2-7-15(12)14/h1-9H,11H2,(H,18,20). The molecule has 0 aliphatic carbocycles. The van der Waals surface area contributed by atoms with Gasteiger partial charge < -0.3 is 5.32 Å². The third kappa shape index (κ3) is 2.29. The molecule has 1 N–H and O–H groups in total. The fourth-order valence-electron chi connectivity index (χ4n) is 2.18. The van der Waals surface area contributed by atoms with Crippen molar-refractivity contribution in [2.45, 2.75) is 6.54 Å². The van der Waals surface area contributed by atoms with Gasteiger partial charge in [-0.3, -0.25) is 0 Å². The lowest BCUT2D eigenvalue weighted by Gasteiger charge is -2.09. The van der Waals surface area contributed by atoms with Crippen LogP contribution in [0.15, 0.2) is 54.7 Å². The first-order valence-corrected chi connectivity index (χ1v) is 6.31. The molecule has 0 amide bonds. The number of nitriles is 1. The molecule has 1 heterocycles. The fraction of sp³-hybridized carbons (Fsp3) is 0.0625. The molecule has 0 aliphatic heterocycles. The van der Waals surface area contributed by atoms with Crippen LogP contribution in [0.25, 0.3) is 10.8 Å². The summed E-state index contributed by atoms with van der Waals surface area (Å²) < 4.78 is 0. The van der Waals surface area contributed by atoms with Gasteiger partial charge in [-0.15, -0.1) is 5.10 Å². The number of nitrogens with one attached hydrogen (secondary N) is 1. The van der Waals surface area contributed by atoms with E-state index in [9.17, 15) is 0 Å². The summed E-state index contributed by atoms with van der Waals surface area (Å²) in [6, 6.07) is 18.2. The number of benzene rings is 2. The van der Waals surface area contributed by atoms with Gasteiger partial charge in [-0.05, 0) is 22.4 Å². The van der Waals surface area contributed by atoms with Gasteiger partial charge in [-0.2, -0.15) is 10.4 Å². The van der Waals surface area contributed by atoms with E-state index in [1.807, 2.05) is 18.2 Å². The quantitative estimate of drug-likeness (QED) is 0.786. The maximum atomic E-state index is 9.03. The van der Waals surface area contributed by atoms with Gasteiger partial charge in [-0.1, -0.05) is 42.5 Å². The third-order valence-corrected chi connectivity index (χ3v) is 3.17. The van der Waals surface area contributed by atoms with Crippen molar-refractivity contribution in [1.29, 1.82) is 5.26 Å². The molecule has 3 rings (SSSR count). The molecular formula is C16H12N4. The number of rotatable bonds is 3. The van der Waals surface area contributed by atoms with Crippen molar-refractivity contribution in [2.75, 3.05) is 5.32 Å². The van der Waals surface area contributed by atoms with Crippen LogP contribution >= 0.6 is 0 Å². The van der Waals surface area contributed by atoms with Crippen molar-refractivity contribution in [3.8, 4) is 6.07 Å². The molecule has 0 spiro atoms. The summed E-state index contributed by atoms with van der Waals surface area (Å²) in [5.41, 5.74) is 1.66. The average molecular weight is 260 g/mol. The van der Waals surface area contributed by atoms with E-state index in [1.54, 1.807) is 6.07 Å². The van der Waals surface area contributed by atoms with E-state index in [1.165, 1.54) is 17.0 Å². The van der Waals surface area contributed by atoms with Crippen molar-refractivity contribution in [3.63, 3.8) is 0 Å². The summed E-state index contributed by atoms with van der Waals surface area (Å²) in [7, 11) is 0. The number of nitrogens with zero attached hydrogens (tertiary/aromatic N) is 3. The summed E-state index contributed by atoms with van der Waals surface area (Å²) in [5.74, 6) is 0.517. The van der Waals surface area contributed by atoms with Crippen LogP contribution in [-0.2, 0) is 6.54 Å².